The van der Waals surface area contributed by atoms with Crippen LogP contribution in [0.4, 0.5) is 42.1 Å². The molecule has 1 unspecified atom stereocenters. The largest absolute Gasteiger partial charge is 0.489 e. The summed E-state index contributed by atoms with van der Waals surface area (Å²) in [6.07, 6.45) is -4.29. The van der Waals surface area contributed by atoms with Crippen molar-refractivity contribution < 1.29 is 49.9 Å². The molecule has 55 heavy (non-hydrogen) atoms. The molecular formula is C40H30F7N3O4S. The molecule has 0 bridgehead atoms. The molecule has 284 valence electrons. The summed E-state index contributed by atoms with van der Waals surface area (Å²) in [5.41, 5.74) is -2.58. The van der Waals surface area contributed by atoms with E-state index in [0.717, 1.165) is 17.3 Å². The molecule has 15 heteroatoms. The summed E-state index contributed by atoms with van der Waals surface area (Å²) >= 11 is 0.836. The van der Waals surface area contributed by atoms with Gasteiger partial charge in [-0.3, -0.25) is 14.4 Å². The molecule has 5 aromatic carbocycles. The number of carbonyl (C=O) groups excluding carboxylic acids is 3. The Morgan fingerprint density at radius 2 is 1.38 bits per heavy atom. The van der Waals surface area contributed by atoms with Gasteiger partial charge in [0.2, 0.25) is 5.91 Å². The van der Waals surface area contributed by atoms with Crippen LogP contribution < -0.4 is 20.7 Å². The van der Waals surface area contributed by atoms with Crippen LogP contribution in [0.2, 0.25) is 0 Å². The zero-order chi connectivity index (χ0) is 39.7. The number of anilines is 2. The average Bonchev–Trinajstić information content (AvgIpc) is 3.17. The fourth-order valence-corrected chi connectivity index (χ4v) is 6.05. The maximum absolute atomic E-state index is 14.5. The summed E-state index contributed by atoms with van der Waals surface area (Å²) in [5.74, 6) is -12.1. The van der Waals surface area contributed by atoms with Gasteiger partial charge in [0.05, 0.1) is 5.25 Å². The van der Waals surface area contributed by atoms with E-state index in [9.17, 15) is 45.1 Å². The van der Waals surface area contributed by atoms with Crippen molar-refractivity contribution >= 4 is 46.9 Å². The minimum absolute atomic E-state index is 0.00356. The first kappa shape index (κ1) is 40.1. The highest BCUT2D eigenvalue weighted by atomic mass is 32.2. The summed E-state index contributed by atoms with van der Waals surface area (Å²) in [5, 5.41) is 5.80. The summed E-state index contributed by atoms with van der Waals surface area (Å²) in [7, 11) is 0. The summed E-state index contributed by atoms with van der Waals surface area (Å²) in [4.78, 5) is 40.0. The lowest BCUT2D eigenvalue weighted by Crippen LogP contribution is -2.30. The van der Waals surface area contributed by atoms with Gasteiger partial charge in [0, 0.05) is 16.1 Å². The standard InChI is InChI=1S/C40H30F7N3O4S/c1-2-30(39(53)50-36-34(43)32(41)31(40(45,46)47)33(42)35(36)44)55-28-15-9-14-26(21-28)48-38(52)29(49-37(51)25-12-7-4-8-13-25)20-23-16-18-27(19-17-23)54-22-24-10-5-3-6-11-24/h3-21,30H,2,22H2,1H3,(H,48,52)(H,49,51)(H,50,53)/b29-20+. The number of benzene rings is 5. The van der Waals surface area contributed by atoms with Crippen LogP contribution in [0.1, 0.15) is 40.4 Å². The molecule has 3 amide bonds. The molecule has 0 aliphatic rings. The third-order valence-corrected chi connectivity index (χ3v) is 9.15. The quantitative estimate of drug-likeness (QED) is 0.0479. The molecule has 5 aromatic rings. The van der Waals surface area contributed by atoms with E-state index in [2.05, 4.69) is 10.6 Å². The van der Waals surface area contributed by atoms with Crippen LogP contribution in [-0.4, -0.2) is 23.0 Å². The highest BCUT2D eigenvalue weighted by Gasteiger charge is 2.42. The number of alkyl halides is 3. The lowest BCUT2D eigenvalue weighted by Gasteiger charge is -2.18. The van der Waals surface area contributed by atoms with E-state index < -0.39 is 63.7 Å². The van der Waals surface area contributed by atoms with Gasteiger partial charge >= 0.3 is 6.18 Å². The SMILES string of the molecule is CCC(Sc1cccc(NC(=O)/C(=C\c2ccc(OCc3ccccc3)cc2)NC(=O)c2ccccc2)c1)C(=O)Nc1c(F)c(F)c(C(F)(F)F)c(F)c1F. The van der Waals surface area contributed by atoms with Crippen LogP contribution in [-0.2, 0) is 22.4 Å². The van der Waals surface area contributed by atoms with Gasteiger partial charge in [0.25, 0.3) is 11.8 Å². The summed E-state index contributed by atoms with van der Waals surface area (Å²) < 4.78 is 102. The van der Waals surface area contributed by atoms with Crippen LogP contribution in [0.15, 0.2) is 120 Å². The lowest BCUT2D eigenvalue weighted by molar-refractivity contribution is -0.143. The second-order valence-corrected chi connectivity index (χ2v) is 13.0. The maximum atomic E-state index is 14.5. The Bertz CT molecular complexity index is 2170. The zero-order valence-electron chi connectivity index (χ0n) is 28.6. The van der Waals surface area contributed by atoms with Crippen molar-refractivity contribution in [1.82, 2.24) is 5.32 Å². The number of rotatable bonds is 13. The Hall–Kier alpha value is -6.09. The molecular weight excluding hydrogens is 752 g/mol. The fourth-order valence-electron chi connectivity index (χ4n) is 5.04. The molecule has 0 aliphatic heterocycles. The Morgan fingerprint density at radius 1 is 0.764 bits per heavy atom. The fraction of sp³-hybridized carbons (Fsp3) is 0.125. The molecule has 7 nitrogen and oxygen atoms in total. The molecule has 0 spiro atoms. The van der Waals surface area contributed by atoms with Crippen LogP contribution in [0.25, 0.3) is 6.08 Å². The van der Waals surface area contributed by atoms with Gasteiger partial charge in [0.1, 0.15) is 29.3 Å². The van der Waals surface area contributed by atoms with E-state index in [4.69, 9.17) is 4.74 Å². The van der Waals surface area contributed by atoms with Crippen molar-refractivity contribution in [2.45, 2.75) is 36.3 Å². The molecule has 0 aromatic heterocycles. The van der Waals surface area contributed by atoms with E-state index in [1.165, 1.54) is 37.3 Å². The molecule has 0 saturated heterocycles. The molecule has 0 saturated carbocycles. The number of ether oxygens (including phenoxy) is 1. The molecule has 0 aliphatic carbocycles. The lowest BCUT2D eigenvalue weighted by atomic mass is 10.1. The predicted molar refractivity (Wildman–Crippen MR) is 194 cm³/mol. The Morgan fingerprint density at radius 3 is 1.98 bits per heavy atom. The van der Waals surface area contributed by atoms with Gasteiger partial charge in [-0.15, -0.1) is 11.8 Å². The molecule has 5 rings (SSSR count). The number of thioether (sulfide) groups is 1. The zero-order valence-corrected chi connectivity index (χ0v) is 29.5. The molecule has 0 heterocycles. The second kappa shape index (κ2) is 17.8. The van der Waals surface area contributed by atoms with E-state index in [1.807, 2.05) is 30.3 Å². The van der Waals surface area contributed by atoms with Gasteiger partial charge in [-0.05, 0) is 66.1 Å². The van der Waals surface area contributed by atoms with Crippen molar-refractivity contribution in [1.29, 1.82) is 0 Å². The first-order valence-electron chi connectivity index (χ1n) is 16.4. The minimum atomic E-state index is -5.74. The number of hydrogen-bond donors (Lipinski definition) is 3. The van der Waals surface area contributed by atoms with E-state index in [-0.39, 0.29) is 23.4 Å². The van der Waals surface area contributed by atoms with E-state index >= 15 is 0 Å². The minimum Gasteiger partial charge on any atom is -0.489 e. The average molecular weight is 782 g/mol. The number of halogens is 7. The molecule has 1 atom stereocenters. The first-order chi connectivity index (χ1) is 26.2. The van der Waals surface area contributed by atoms with Crippen molar-refractivity contribution in [2.75, 3.05) is 10.6 Å². The van der Waals surface area contributed by atoms with Gasteiger partial charge in [0.15, 0.2) is 23.3 Å². The normalized spacial score (nSPS) is 12.1. The predicted octanol–water partition coefficient (Wildman–Crippen LogP) is 9.76. The van der Waals surface area contributed by atoms with Gasteiger partial charge in [-0.1, -0.05) is 73.7 Å². The number of nitrogens with one attached hydrogen (secondary N) is 3. The van der Waals surface area contributed by atoms with Crippen molar-refractivity contribution in [2.24, 2.45) is 0 Å². The molecule has 3 N–H and O–H groups in total. The Labute approximate surface area is 314 Å². The van der Waals surface area contributed by atoms with Crippen molar-refractivity contribution in [3.05, 3.63) is 160 Å². The third-order valence-electron chi connectivity index (χ3n) is 7.80. The Balaban J connectivity index is 1.32. The third kappa shape index (κ3) is 10.3. The maximum Gasteiger partial charge on any atom is 0.422 e. The molecule has 0 fully saturated rings. The van der Waals surface area contributed by atoms with Gasteiger partial charge in [-0.25, -0.2) is 17.6 Å². The van der Waals surface area contributed by atoms with Crippen LogP contribution in [0.5, 0.6) is 5.75 Å². The van der Waals surface area contributed by atoms with Gasteiger partial charge in [-0.2, -0.15) is 13.2 Å². The molecule has 0 radical (unpaired) electrons. The number of amides is 3. The van der Waals surface area contributed by atoms with Crippen LogP contribution >= 0.6 is 11.8 Å². The first-order valence-corrected chi connectivity index (χ1v) is 17.3. The highest BCUT2D eigenvalue weighted by molar-refractivity contribution is 8.00. The van der Waals surface area contributed by atoms with Gasteiger partial charge < -0.3 is 20.7 Å². The van der Waals surface area contributed by atoms with Crippen molar-refractivity contribution in [3.8, 4) is 5.75 Å². The highest BCUT2D eigenvalue weighted by Crippen LogP contribution is 2.39. The number of hydrogen-bond acceptors (Lipinski definition) is 5. The Kier molecular flexibility index (Phi) is 13.0. The summed E-state index contributed by atoms with van der Waals surface area (Å²) in [6.45, 7) is 1.85. The number of carbonyl (C=O) groups is 3. The second-order valence-electron chi connectivity index (χ2n) is 11.7. The smallest absolute Gasteiger partial charge is 0.422 e. The monoisotopic (exact) mass is 781 g/mol. The van der Waals surface area contributed by atoms with E-state index in [1.54, 1.807) is 59.9 Å². The van der Waals surface area contributed by atoms with Crippen LogP contribution in [0, 0.1) is 23.3 Å². The summed E-state index contributed by atoms with van der Waals surface area (Å²) in [6, 6.07) is 30.5. The topological polar surface area (TPSA) is 96.5 Å². The van der Waals surface area contributed by atoms with Crippen molar-refractivity contribution in [3.63, 3.8) is 0 Å². The van der Waals surface area contributed by atoms with Crippen LogP contribution in [0.3, 0.4) is 0 Å². The van der Waals surface area contributed by atoms with E-state index in [0.29, 0.717) is 22.8 Å².